The zero-order valence-electron chi connectivity index (χ0n) is 13.4. The second-order valence-electron chi connectivity index (χ2n) is 4.98. The minimum absolute atomic E-state index is 0. The molecule has 0 fully saturated rings. The van der Waals surface area contributed by atoms with Crippen molar-refractivity contribution >= 4 is 34.0 Å². The molecule has 3 rings (SSSR count). The van der Waals surface area contributed by atoms with Crippen LogP contribution in [0, 0.1) is 0 Å². The van der Waals surface area contributed by atoms with Gasteiger partial charge in [0.25, 0.3) is 0 Å². The lowest BCUT2D eigenvalue weighted by Crippen LogP contribution is -2.14. The summed E-state index contributed by atoms with van der Waals surface area (Å²) in [6.07, 6.45) is 1.89. The molecule has 0 saturated heterocycles. The maximum Gasteiger partial charge on any atom is 0.190 e. The van der Waals surface area contributed by atoms with E-state index in [1.807, 2.05) is 48.5 Å². The van der Waals surface area contributed by atoms with E-state index in [9.17, 15) is 0 Å². The highest BCUT2D eigenvalue weighted by atomic mass is 79.9. The van der Waals surface area contributed by atoms with Gasteiger partial charge in [-0.1, -0.05) is 24.3 Å². The largest absolute Gasteiger partial charge is 0.497 e. The van der Waals surface area contributed by atoms with E-state index in [1.165, 1.54) is 0 Å². The fourth-order valence-corrected chi connectivity index (χ4v) is 3.27. The number of ether oxygens (including phenoxy) is 1. The molecule has 3 nitrogen and oxygen atoms in total. The summed E-state index contributed by atoms with van der Waals surface area (Å²) in [6, 6.07) is 18.1. The maximum absolute atomic E-state index is 5.23. The Morgan fingerprint density at radius 1 is 1.12 bits per heavy atom. The number of aromatic nitrogens is 1. The van der Waals surface area contributed by atoms with Crippen molar-refractivity contribution in [2.75, 3.05) is 7.11 Å². The molecule has 0 amide bonds. The summed E-state index contributed by atoms with van der Waals surface area (Å²) < 4.78 is 7.40. The molecular formula is C19H19BrN2OS. The van der Waals surface area contributed by atoms with Gasteiger partial charge in [0.2, 0.25) is 0 Å². The van der Waals surface area contributed by atoms with E-state index in [1.54, 1.807) is 18.4 Å². The quantitative estimate of drug-likeness (QED) is 0.537. The summed E-state index contributed by atoms with van der Waals surface area (Å²) in [6.45, 7) is 4.59. The standard InChI is InChI=1S/C19H18N2OS.BrH/c1-3-13-21-18(15-9-11-17(22-2)12-10-15)14-23-19(21)20-16-7-5-4-6-8-16;/h3-12,14H,1,13H2,2H3;1H. The minimum Gasteiger partial charge on any atom is -0.497 e. The van der Waals surface area contributed by atoms with E-state index in [0.717, 1.165) is 34.0 Å². The van der Waals surface area contributed by atoms with Crippen LogP contribution >= 0.6 is 28.3 Å². The van der Waals surface area contributed by atoms with Gasteiger partial charge in [-0.3, -0.25) is 0 Å². The van der Waals surface area contributed by atoms with E-state index < -0.39 is 0 Å². The van der Waals surface area contributed by atoms with Gasteiger partial charge in [0.05, 0.1) is 18.5 Å². The van der Waals surface area contributed by atoms with E-state index in [2.05, 4.69) is 28.7 Å². The van der Waals surface area contributed by atoms with Crippen LogP contribution in [0.4, 0.5) is 5.69 Å². The monoisotopic (exact) mass is 402 g/mol. The van der Waals surface area contributed by atoms with Gasteiger partial charge in [-0.05, 0) is 42.0 Å². The van der Waals surface area contributed by atoms with Gasteiger partial charge in [0, 0.05) is 11.9 Å². The summed E-state index contributed by atoms with van der Waals surface area (Å²) in [5.41, 5.74) is 3.22. The van der Waals surface area contributed by atoms with Crippen molar-refractivity contribution in [3.8, 4) is 17.0 Å². The van der Waals surface area contributed by atoms with E-state index in [-0.39, 0.29) is 17.0 Å². The Balaban J connectivity index is 0.00000208. The first-order valence-corrected chi connectivity index (χ1v) is 8.23. The van der Waals surface area contributed by atoms with E-state index in [0.29, 0.717) is 0 Å². The number of hydrogen-bond donors (Lipinski definition) is 0. The second kappa shape index (κ2) is 8.66. The third-order valence-corrected chi connectivity index (χ3v) is 4.34. The van der Waals surface area contributed by atoms with Crippen molar-refractivity contribution in [2.24, 2.45) is 4.99 Å². The average molecular weight is 403 g/mol. The topological polar surface area (TPSA) is 26.5 Å². The van der Waals surface area contributed by atoms with Crippen LogP contribution in [0.5, 0.6) is 5.75 Å². The summed E-state index contributed by atoms with van der Waals surface area (Å²) in [7, 11) is 1.67. The smallest absolute Gasteiger partial charge is 0.190 e. The first-order chi connectivity index (χ1) is 11.3. The molecule has 2 aromatic carbocycles. The lowest BCUT2D eigenvalue weighted by atomic mass is 10.1. The normalized spacial score (nSPS) is 11.0. The summed E-state index contributed by atoms with van der Waals surface area (Å²) in [5, 5.41) is 2.13. The molecule has 0 N–H and O–H groups in total. The van der Waals surface area contributed by atoms with E-state index >= 15 is 0 Å². The van der Waals surface area contributed by atoms with Gasteiger partial charge in [-0.15, -0.1) is 34.9 Å². The van der Waals surface area contributed by atoms with Crippen LogP contribution in [0.15, 0.2) is 77.6 Å². The van der Waals surface area contributed by atoms with E-state index in [4.69, 9.17) is 9.73 Å². The van der Waals surface area contributed by atoms with Crippen molar-refractivity contribution in [2.45, 2.75) is 6.54 Å². The molecule has 3 aromatic rings. The highest BCUT2D eigenvalue weighted by Crippen LogP contribution is 2.23. The Morgan fingerprint density at radius 3 is 2.46 bits per heavy atom. The van der Waals surface area contributed by atoms with Crippen molar-refractivity contribution in [3.63, 3.8) is 0 Å². The van der Waals surface area contributed by atoms with Gasteiger partial charge in [0.15, 0.2) is 4.80 Å². The van der Waals surface area contributed by atoms with Gasteiger partial charge >= 0.3 is 0 Å². The lowest BCUT2D eigenvalue weighted by Gasteiger charge is -2.07. The van der Waals surface area contributed by atoms with Crippen LogP contribution in [0.25, 0.3) is 11.3 Å². The Kier molecular flexibility index (Phi) is 6.58. The third-order valence-electron chi connectivity index (χ3n) is 3.48. The number of para-hydroxylation sites is 1. The predicted molar refractivity (Wildman–Crippen MR) is 106 cm³/mol. The van der Waals surface area contributed by atoms with Crippen LogP contribution in [0.3, 0.4) is 0 Å². The van der Waals surface area contributed by atoms with Crippen LogP contribution in [-0.2, 0) is 6.54 Å². The summed E-state index contributed by atoms with van der Waals surface area (Å²) >= 11 is 1.63. The highest BCUT2D eigenvalue weighted by Gasteiger charge is 2.07. The number of nitrogens with zero attached hydrogens (tertiary/aromatic N) is 2. The molecule has 0 aliphatic heterocycles. The van der Waals surface area contributed by atoms with Gasteiger partial charge in [-0.25, -0.2) is 4.99 Å². The molecule has 0 spiro atoms. The first kappa shape index (κ1) is 18.2. The molecule has 124 valence electrons. The van der Waals surface area contributed by atoms with Gasteiger partial charge in [0.1, 0.15) is 5.75 Å². The number of methoxy groups -OCH3 is 1. The molecule has 0 saturated carbocycles. The zero-order valence-corrected chi connectivity index (χ0v) is 15.9. The van der Waals surface area contributed by atoms with Gasteiger partial charge in [-0.2, -0.15) is 0 Å². The molecule has 5 heteroatoms. The predicted octanol–water partition coefficient (Wildman–Crippen LogP) is 5.22. The molecule has 0 bridgehead atoms. The number of hydrogen-bond acceptors (Lipinski definition) is 3. The molecule has 24 heavy (non-hydrogen) atoms. The number of thiazole rings is 1. The number of rotatable bonds is 5. The molecule has 0 atom stereocenters. The summed E-state index contributed by atoms with van der Waals surface area (Å²) in [4.78, 5) is 5.71. The Bertz CT molecular complexity index is 851. The molecule has 0 aliphatic carbocycles. The average Bonchev–Trinajstić information content (AvgIpc) is 2.99. The molecule has 1 heterocycles. The van der Waals surface area contributed by atoms with Crippen LogP contribution in [-0.4, -0.2) is 11.7 Å². The molecule has 1 aromatic heterocycles. The molecule has 0 unspecified atom stereocenters. The number of halogens is 1. The van der Waals surface area contributed by atoms with Crippen molar-refractivity contribution < 1.29 is 4.74 Å². The Hall–Kier alpha value is -2.11. The van der Waals surface area contributed by atoms with Crippen molar-refractivity contribution in [1.29, 1.82) is 0 Å². The Labute approximate surface area is 156 Å². The van der Waals surface area contributed by atoms with Gasteiger partial charge < -0.3 is 9.30 Å². The molecular weight excluding hydrogens is 384 g/mol. The second-order valence-corrected chi connectivity index (χ2v) is 5.82. The minimum atomic E-state index is 0. The van der Waals surface area contributed by atoms with Crippen LogP contribution in [0.2, 0.25) is 0 Å². The SMILES string of the molecule is Br.C=CCn1c(-c2ccc(OC)cc2)csc1=Nc1ccccc1. The summed E-state index contributed by atoms with van der Waals surface area (Å²) in [5.74, 6) is 0.855. The lowest BCUT2D eigenvalue weighted by molar-refractivity contribution is 0.415. The first-order valence-electron chi connectivity index (χ1n) is 7.35. The number of allylic oxidation sites excluding steroid dienone is 1. The van der Waals surface area contributed by atoms with Crippen LogP contribution < -0.4 is 9.54 Å². The zero-order chi connectivity index (χ0) is 16.1. The van der Waals surface area contributed by atoms with Crippen molar-refractivity contribution in [3.05, 3.63) is 77.4 Å². The molecule has 0 radical (unpaired) electrons. The fourth-order valence-electron chi connectivity index (χ4n) is 2.33. The molecule has 0 aliphatic rings. The maximum atomic E-state index is 5.23. The Morgan fingerprint density at radius 2 is 1.83 bits per heavy atom. The van der Waals surface area contributed by atoms with Crippen LogP contribution in [0.1, 0.15) is 0 Å². The highest BCUT2D eigenvalue weighted by molar-refractivity contribution is 8.93. The third kappa shape index (κ3) is 4.04. The number of benzene rings is 2. The van der Waals surface area contributed by atoms with Crippen molar-refractivity contribution in [1.82, 2.24) is 4.57 Å². The fraction of sp³-hybridized carbons (Fsp3) is 0.105.